The first-order chi connectivity index (χ1) is 13.6. The normalized spacial score (nSPS) is 11.5. The van der Waals surface area contributed by atoms with Crippen LogP contribution in [0.4, 0.5) is 0 Å². The van der Waals surface area contributed by atoms with Crippen molar-refractivity contribution in [2.45, 2.75) is 89.4 Å². The summed E-state index contributed by atoms with van der Waals surface area (Å²) >= 11 is 0. The van der Waals surface area contributed by atoms with Gasteiger partial charge in [0.25, 0.3) is 10.1 Å². The molecule has 0 saturated heterocycles. The highest BCUT2D eigenvalue weighted by Crippen LogP contribution is 2.14. The highest BCUT2D eigenvalue weighted by molar-refractivity contribution is 7.86. The summed E-state index contributed by atoms with van der Waals surface area (Å²) < 4.78 is 29.2. The van der Waals surface area contributed by atoms with Gasteiger partial charge in [0.05, 0.1) is 11.5 Å². The first-order valence-corrected chi connectivity index (χ1v) is 12.1. The molecule has 0 atom stereocenters. The topological polar surface area (TPSA) is 43.4 Å². The van der Waals surface area contributed by atoms with Crippen LogP contribution >= 0.6 is 0 Å². The lowest BCUT2D eigenvalue weighted by atomic mass is 10.1. The Balaban J connectivity index is 1.97. The molecule has 1 aromatic carbocycles. The predicted molar refractivity (Wildman–Crippen MR) is 118 cm³/mol. The second-order valence-electron chi connectivity index (χ2n) is 7.18. The molecular weight excluding hydrogens is 368 g/mol. The Morgan fingerprint density at radius 1 is 0.929 bits per heavy atom. The number of allylic oxidation sites excluding steroid dienone is 2. The summed E-state index contributed by atoms with van der Waals surface area (Å²) in [5, 5.41) is 0. The summed E-state index contributed by atoms with van der Waals surface area (Å²) in [5.41, 5.74) is 1.03. The van der Waals surface area contributed by atoms with Gasteiger partial charge in [-0.3, -0.25) is 4.18 Å². The summed E-state index contributed by atoms with van der Waals surface area (Å²) in [6.07, 6.45) is 16.4. The van der Waals surface area contributed by atoms with Crippen molar-refractivity contribution in [3.63, 3.8) is 0 Å². The first-order valence-electron chi connectivity index (χ1n) is 10.7. The van der Waals surface area contributed by atoms with E-state index in [0.717, 1.165) is 44.1 Å². The Kier molecular flexibility index (Phi) is 13.4. The molecule has 156 valence electrons. The standard InChI is InChI=1S/C24H36O3S/c1-3-4-5-6-7-8-9-10-11-12-13-14-15-16-17-22-27-28(25,26)24-20-18-23(2)19-21-24/h6-7,18-21H,3-5,10-17,22H2,1-2H3/b7-6-. The monoisotopic (exact) mass is 404 g/mol. The quantitative estimate of drug-likeness (QED) is 0.200. The number of hydrogen-bond acceptors (Lipinski definition) is 3. The third-order valence-corrected chi connectivity index (χ3v) is 5.85. The lowest BCUT2D eigenvalue weighted by Crippen LogP contribution is -2.07. The number of rotatable bonds is 14. The molecule has 0 unspecified atom stereocenters. The number of aryl methyl sites for hydroxylation is 1. The van der Waals surface area contributed by atoms with Crippen LogP contribution in [0.5, 0.6) is 0 Å². The van der Waals surface area contributed by atoms with Gasteiger partial charge in [-0.2, -0.15) is 8.42 Å². The lowest BCUT2D eigenvalue weighted by Gasteiger charge is -2.06. The minimum absolute atomic E-state index is 0.234. The third kappa shape index (κ3) is 12.0. The van der Waals surface area contributed by atoms with E-state index < -0.39 is 10.1 Å². The van der Waals surface area contributed by atoms with Gasteiger partial charge in [-0.1, -0.05) is 87.5 Å². The van der Waals surface area contributed by atoms with E-state index in [0.29, 0.717) is 0 Å². The van der Waals surface area contributed by atoms with E-state index in [1.165, 1.54) is 32.1 Å². The van der Waals surface area contributed by atoms with Crippen LogP contribution in [0.2, 0.25) is 0 Å². The van der Waals surface area contributed by atoms with Crippen molar-refractivity contribution in [1.82, 2.24) is 0 Å². The second-order valence-corrected chi connectivity index (χ2v) is 8.80. The van der Waals surface area contributed by atoms with Crippen LogP contribution in [0.25, 0.3) is 0 Å². The Labute approximate surface area is 172 Å². The van der Waals surface area contributed by atoms with Crippen LogP contribution in [0.1, 0.15) is 83.1 Å². The maximum atomic E-state index is 12.1. The van der Waals surface area contributed by atoms with Crippen LogP contribution in [0, 0.1) is 18.8 Å². The van der Waals surface area contributed by atoms with E-state index in [1.807, 2.05) is 13.0 Å². The van der Waals surface area contributed by atoms with Crippen LogP contribution < -0.4 is 0 Å². The zero-order valence-corrected chi connectivity index (χ0v) is 18.4. The van der Waals surface area contributed by atoms with Crippen molar-refractivity contribution in [2.24, 2.45) is 0 Å². The van der Waals surface area contributed by atoms with Crippen LogP contribution in [-0.4, -0.2) is 15.0 Å². The molecule has 0 heterocycles. The molecule has 0 amide bonds. The van der Waals surface area contributed by atoms with E-state index in [2.05, 4.69) is 24.8 Å². The Bertz CT molecular complexity index is 706. The van der Waals surface area contributed by atoms with Gasteiger partial charge in [0.1, 0.15) is 0 Å². The highest BCUT2D eigenvalue weighted by Gasteiger charge is 2.14. The summed E-state index contributed by atoms with van der Waals surface area (Å²) in [5.74, 6) is 6.30. The van der Waals surface area contributed by atoms with Crippen molar-refractivity contribution in [3.05, 3.63) is 42.0 Å². The van der Waals surface area contributed by atoms with Crippen LogP contribution in [0.3, 0.4) is 0 Å². The molecule has 1 rings (SSSR count). The second kappa shape index (κ2) is 15.4. The van der Waals surface area contributed by atoms with Gasteiger partial charge in [0, 0.05) is 6.42 Å². The molecule has 0 N–H and O–H groups in total. The fourth-order valence-electron chi connectivity index (χ4n) is 2.74. The molecular formula is C24H36O3S. The maximum absolute atomic E-state index is 12.1. The zero-order valence-electron chi connectivity index (χ0n) is 17.6. The summed E-state index contributed by atoms with van der Waals surface area (Å²) in [6, 6.07) is 6.76. The summed E-state index contributed by atoms with van der Waals surface area (Å²) in [4.78, 5) is 0.234. The van der Waals surface area contributed by atoms with E-state index in [4.69, 9.17) is 4.18 Å². The maximum Gasteiger partial charge on any atom is 0.296 e. The van der Waals surface area contributed by atoms with E-state index in [1.54, 1.807) is 24.3 Å². The van der Waals surface area contributed by atoms with Gasteiger partial charge in [-0.15, -0.1) is 0 Å². The molecule has 0 bridgehead atoms. The van der Waals surface area contributed by atoms with Gasteiger partial charge in [-0.25, -0.2) is 0 Å². The molecule has 0 spiro atoms. The SMILES string of the molecule is CCCC/C=C\C#CCCCCCCCCCOS(=O)(=O)c1ccc(C)cc1. The third-order valence-electron chi connectivity index (χ3n) is 4.52. The number of benzene rings is 1. The average molecular weight is 405 g/mol. The molecule has 0 radical (unpaired) electrons. The fourth-order valence-corrected chi connectivity index (χ4v) is 3.68. The molecule has 0 fully saturated rings. The summed E-state index contributed by atoms with van der Waals surface area (Å²) in [6.45, 7) is 4.39. The van der Waals surface area contributed by atoms with Crippen molar-refractivity contribution in [1.29, 1.82) is 0 Å². The molecule has 0 aromatic heterocycles. The van der Waals surface area contributed by atoms with E-state index >= 15 is 0 Å². The summed E-state index contributed by atoms with van der Waals surface area (Å²) in [7, 11) is -3.61. The van der Waals surface area contributed by atoms with Crippen molar-refractivity contribution in [2.75, 3.05) is 6.61 Å². The van der Waals surface area contributed by atoms with Crippen molar-refractivity contribution >= 4 is 10.1 Å². The fraction of sp³-hybridized carbons (Fsp3) is 0.583. The zero-order chi connectivity index (χ0) is 20.5. The molecule has 0 aliphatic rings. The molecule has 4 heteroatoms. The lowest BCUT2D eigenvalue weighted by molar-refractivity contribution is 0.306. The first kappa shape index (κ1) is 24.5. The highest BCUT2D eigenvalue weighted by atomic mass is 32.2. The largest absolute Gasteiger partial charge is 0.296 e. The predicted octanol–water partition coefficient (Wildman–Crippen LogP) is 6.57. The van der Waals surface area contributed by atoms with Gasteiger partial charge in [-0.05, 0) is 44.4 Å². The molecule has 28 heavy (non-hydrogen) atoms. The number of unbranched alkanes of at least 4 members (excludes halogenated alkanes) is 9. The number of hydrogen-bond donors (Lipinski definition) is 0. The molecule has 0 saturated carbocycles. The molecule has 0 aliphatic carbocycles. The van der Waals surface area contributed by atoms with Gasteiger partial charge < -0.3 is 0 Å². The minimum atomic E-state index is -3.61. The van der Waals surface area contributed by atoms with E-state index in [-0.39, 0.29) is 11.5 Å². The molecule has 3 nitrogen and oxygen atoms in total. The van der Waals surface area contributed by atoms with Crippen molar-refractivity contribution < 1.29 is 12.6 Å². The molecule has 1 aromatic rings. The van der Waals surface area contributed by atoms with Gasteiger partial charge in [0.15, 0.2) is 0 Å². The van der Waals surface area contributed by atoms with Gasteiger partial charge in [0.2, 0.25) is 0 Å². The van der Waals surface area contributed by atoms with Crippen LogP contribution in [0.15, 0.2) is 41.3 Å². The minimum Gasteiger partial charge on any atom is -0.266 e. The smallest absolute Gasteiger partial charge is 0.266 e. The Morgan fingerprint density at radius 3 is 2.25 bits per heavy atom. The molecule has 0 aliphatic heterocycles. The Morgan fingerprint density at radius 2 is 1.57 bits per heavy atom. The Hall–Kier alpha value is -1.57. The van der Waals surface area contributed by atoms with E-state index in [9.17, 15) is 8.42 Å². The average Bonchev–Trinajstić information content (AvgIpc) is 2.68. The van der Waals surface area contributed by atoms with Crippen molar-refractivity contribution in [3.8, 4) is 11.8 Å². The van der Waals surface area contributed by atoms with Crippen LogP contribution in [-0.2, 0) is 14.3 Å². The van der Waals surface area contributed by atoms with Gasteiger partial charge >= 0.3 is 0 Å².